The van der Waals surface area contributed by atoms with Gasteiger partial charge >= 0.3 is 0 Å². The van der Waals surface area contributed by atoms with Gasteiger partial charge in [0.15, 0.2) is 0 Å². The van der Waals surface area contributed by atoms with Crippen molar-refractivity contribution in [1.82, 2.24) is 10.3 Å². The minimum Gasteiger partial charge on any atom is -0.347 e. The van der Waals surface area contributed by atoms with Crippen molar-refractivity contribution in [3.63, 3.8) is 0 Å². The average molecular weight is 453 g/mol. The van der Waals surface area contributed by atoms with Crippen molar-refractivity contribution in [3.05, 3.63) is 94.5 Å². The third kappa shape index (κ3) is 4.95. The zero-order valence-corrected chi connectivity index (χ0v) is 17.9. The number of carbonyl (C=O) groups is 2. The number of carbonyl (C=O) groups excluding carboxylic acids is 2. The molecule has 164 valence electrons. The fraction of sp³-hybridized carbons (Fsp3) is 0.208. The van der Waals surface area contributed by atoms with Crippen LogP contribution in [0.1, 0.15) is 46.8 Å². The normalized spacial score (nSPS) is 15.0. The van der Waals surface area contributed by atoms with Crippen molar-refractivity contribution < 1.29 is 14.0 Å². The number of hydrogen-bond donors (Lipinski definition) is 3. The Balaban J connectivity index is 1.35. The number of benzene rings is 2. The van der Waals surface area contributed by atoms with Crippen LogP contribution in [0.4, 0.5) is 10.1 Å². The van der Waals surface area contributed by atoms with E-state index < -0.39 is 17.4 Å². The third-order valence-corrected chi connectivity index (χ3v) is 5.84. The third-order valence-electron chi connectivity index (χ3n) is 5.55. The SMILES string of the molecule is NC(CC(=O)NC1(c2ccc(F)c(Cl)c2)CC1)c1ccc(C(=O)Nc2ccncc2)cc1. The van der Waals surface area contributed by atoms with Crippen LogP contribution in [0.15, 0.2) is 67.0 Å². The van der Waals surface area contributed by atoms with Crippen molar-refractivity contribution in [2.45, 2.75) is 30.8 Å². The first-order valence-corrected chi connectivity index (χ1v) is 10.6. The van der Waals surface area contributed by atoms with E-state index in [2.05, 4.69) is 15.6 Å². The maximum Gasteiger partial charge on any atom is 0.255 e. The first kappa shape index (κ1) is 21.9. The number of nitrogens with zero attached hydrogens (tertiary/aromatic N) is 1. The minimum atomic E-state index is -0.528. The molecule has 0 saturated heterocycles. The van der Waals surface area contributed by atoms with E-state index in [-0.39, 0.29) is 23.3 Å². The molecule has 1 aliphatic carbocycles. The van der Waals surface area contributed by atoms with Gasteiger partial charge < -0.3 is 16.4 Å². The molecule has 2 aromatic carbocycles. The van der Waals surface area contributed by atoms with Gasteiger partial charge in [0.1, 0.15) is 5.82 Å². The molecule has 6 nitrogen and oxygen atoms in total. The van der Waals surface area contributed by atoms with Gasteiger partial charge in [0.05, 0.1) is 10.6 Å². The van der Waals surface area contributed by atoms with Gasteiger partial charge in [0.25, 0.3) is 5.91 Å². The second kappa shape index (κ2) is 9.06. The lowest BCUT2D eigenvalue weighted by molar-refractivity contribution is -0.122. The van der Waals surface area contributed by atoms with E-state index in [9.17, 15) is 14.0 Å². The molecule has 0 radical (unpaired) electrons. The van der Waals surface area contributed by atoms with E-state index in [0.29, 0.717) is 11.3 Å². The summed E-state index contributed by atoms with van der Waals surface area (Å²) in [4.78, 5) is 28.9. The number of amides is 2. The van der Waals surface area contributed by atoms with Gasteiger partial charge in [-0.1, -0.05) is 29.8 Å². The molecule has 1 unspecified atom stereocenters. The Kier molecular flexibility index (Phi) is 6.21. The maximum atomic E-state index is 13.5. The van der Waals surface area contributed by atoms with E-state index in [4.69, 9.17) is 17.3 Å². The molecule has 3 aromatic rings. The maximum absolute atomic E-state index is 13.5. The van der Waals surface area contributed by atoms with Crippen molar-refractivity contribution >= 4 is 29.1 Å². The number of rotatable bonds is 7. The van der Waals surface area contributed by atoms with Crippen molar-refractivity contribution in [3.8, 4) is 0 Å². The van der Waals surface area contributed by atoms with Crippen molar-refractivity contribution in [1.29, 1.82) is 0 Å². The molecule has 0 bridgehead atoms. The second-order valence-electron chi connectivity index (χ2n) is 7.88. The van der Waals surface area contributed by atoms with Gasteiger partial charge in [-0.3, -0.25) is 14.6 Å². The smallest absolute Gasteiger partial charge is 0.255 e. The monoisotopic (exact) mass is 452 g/mol. The predicted molar refractivity (Wildman–Crippen MR) is 121 cm³/mol. The molecule has 8 heteroatoms. The van der Waals surface area contributed by atoms with Crippen LogP contribution < -0.4 is 16.4 Å². The highest BCUT2D eigenvalue weighted by Crippen LogP contribution is 2.46. The molecule has 1 aliphatic rings. The summed E-state index contributed by atoms with van der Waals surface area (Å²) in [7, 11) is 0. The fourth-order valence-corrected chi connectivity index (χ4v) is 3.74. The summed E-state index contributed by atoms with van der Waals surface area (Å²) in [6.07, 6.45) is 4.80. The number of aromatic nitrogens is 1. The fourth-order valence-electron chi connectivity index (χ4n) is 3.56. The zero-order valence-electron chi connectivity index (χ0n) is 17.1. The Morgan fingerprint density at radius 1 is 1.09 bits per heavy atom. The molecular formula is C24H22ClFN4O2. The topological polar surface area (TPSA) is 97.1 Å². The molecule has 4 rings (SSSR count). The molecule has 1 saturated carbocycles. The number of halogens is 2. The van der Waals surface area contributed by atoms with E-state index >= 15 is 0 Å². The van der Waals surface area contributed by atoms with E-state index in [1.54, 1.807) is 60.9 Å². The van der Waals surface area contributed by atoms with Crippen LogP contribution in [-0.2, 0) is 10.3 Å². The molecule has 0 spiro atoms. The molecule has 1 fully saturated rings. The summed E-state index contributed by atoms with van der Waals surface area (Å²) in [5.41, 5.74) is 8.38. The Labute approximate surface area is 190 Å². The van der Waals surface area contributed by atoms with Gasteiger partial charge in [-0.05, 0) is 60.4 Å². The quantitative estimate of drug-likeness (QED) is 0.497. The van der Waals surface area contributed by atoms with E-state index in [1.807, 2.05) is 0 Å². The number of hydrogen-bond acceptors (Lipinski definition) is 4. The van der Waals surface area contributed by atoms with Crippen molar-refractivity contribution in [2.24, 2.45) is 5.73 Å². The minimum absolute atomic E-state index is 0.0350. The molecule has 1 atom stereocenters. The lowest BCUT2D eigenvalue weighted by Gasteiger charge is -2.20. The number of anilines is 1. The Morgan fingerprint density at radius 2 is 1.78 bits per heavy atom. The van der Waals surface area contributed by atoms with Crippen LogP contribution in [0.3, 0.4) is 0 Å². The van der Waals surface area contributed by atoms with E-state index in [1.165, 1.54) is 6.07 Å². The Morgan fingerprint density at radius 3 is 2.41 bits per heavy atom. The van der Waals surface area contributed by atoms with Crippen LogP contribution in [0.25, 0.3) is 0 Å². The summed E-state index contributed by atoms with van der Waals surface area (Å²) >= 11 is 5.89. The average Bonchev–Trinajstić information content (AvgIpc) is 3.56. The van der Waals surface area contributed by atoms with Gasteiger partial charge in [0.2, 0.25) is 5.91 Å². The lowest BCUT2D eigenvalue weighted by Crippen LogP contribution is -2.36. The highest BCUT2D eigenvalue weighted by atomic mass is 35.5. The number of pyridine rings is 1. The largest absolute Gasteiger partial charge is 0.347 e. The van der Waals surface area contributed by atoms with Crippen LogP contribution in [0.2, 0.25) is 5.02 Å². The molecule has 32 heavy (non-hydrogen) atoms. The van der Waals surface area contributed by atoms with Gasteiger partial charge in [-0.25, -0.2) is 4.39 Å². The van der Waals surface area contributed by atoms with Gasteiger partial charge in [-0.15, -0.1) is 0 Å². The van der Waals surface area contributed by atoms with Crippen LogP contribution in [0, 0.1) is 5.82 Å². The molecule has 1 aromatic heterocycles. The zero-order chi connectivity index (χ0) is 22.7. The molecule has 2 amide bonds. The highest BCUT2D eigenvalue weighted by Gasteiger charge is 2.45. The Hall–Kier alpha value is -3.29. The number of nitrogens with one attached hydrogen (secondary N) is 2. The summed E-state index contributed by atoms with van der Waals surface area (Å²) in [5.74, 6) is -0.935. The molecule has 1 heterocycles. The van der Waals surface area contributed by atoms with Crippen LogP contribution >= 0.6 is 11.6 Å². The first-order valence-electron chi connectivity index (χ1n) is 10.2. The standard InChI is InChI=1S/C24H22ClFN4O2/c25-19-13-17(5-6-20(19)26)24(9-10-24)30-22(31)14-21(27)15-1-3-16(4-2-15)23(32)29-18-7-11-28-12-8-18/h1-8,11-13,21H,9-10,14,27H2,(H,30,31)(H,28,29,32). The molecular weight excluding hydrogens is 431 g/mol. The summed E-state index contributed by atoms with van der Waals surface area (Å²) < 4.78 is 13.5. The predicted octanol–water partition coefficient (Wildman–Crippen LogP) is 4.32. The van der Waals surface area contributed by atoms with Crippen LogP contribution in [-0.4, -0.2) is 16.8 Å². The first-order chi connectivity index (χ1) is 15.4. The lowest BCUT2D eigenvalue weighted by atomic mass is 10.0. The van der Waals surface area contributed by atoms with Gasteiger partial charge in [0, 0.05) is 36.1 Å². The Bertz CT molecular complexity index is 1130. The molecule has 0 aliphatic heterocycles. The summed E-state index contributed by atoms with van der Waals surface area (Å²) in [6.45, 7) is 0. The highest BCUT2D eigenvalue weighted by molar-refractivity contribution is 6.30. The number of nitrogens with two attached hydrogens (primary N) is 1. The molecule has 4 N–H and O–H groups in total. The summed E-state index contributed by atoms with van der Waals surface area (Å²) in [6, 6.07) is 14.2. The second-order valence-corrected chi connectivity index (χ2v) is 8.29. The van der Waals surface area contributed by atoms with E-state index in [0.717, 1.165) is 24.0 Å². The van der Waals surface area contributed by atoms with Crippen molar-refractivity contribution in [2.75, 3.05) is 5.32 Å². The van der Waals surface area contributed by atoms with Crippen LogP contribution in [0.5, 0.6) is 0 Å². The summed E-state index contributed by atoms with van der Waals surface area (Å²) in [5, 5.41) is 5.84. The van der Waals surface area contributed by atoms with Gasteiger partial charge in [-0.2, -0.15) is 0 Å².